The fourth-order valence-corrected chi connectivity index (χ4v) is 2.56. The fraction of sp³-hybridized carbons (Fsp3) is 0.643. The van der Waals surface area contributed by atoms with Crippen LogP contribution in [0.1, 0.15) is 20.8 Å². The van der Waals surface area contributed by atoms with E-state index in [-0.39, 0.29) is 13.2 Å². The topological polar surface area (TPSA) is 150 Å². The number of carbonyl (C=O) groups excluding carboxylic acids is 5. The highest BCUT2D eigenvalue weighted by molar-refractivity contribution is 5.97. The molecule has 4 atom stereocenters. The van der Waals surface area contributed by atoms with Crippen molar-refractivity contribution in [3.05, 3.63) is 0 Å². The second-order valence-corrected chi connectivity index (χ2v) is 5.57. The molecule has 2 aliphatic heterocycles. The number of hydrogen-bond donors (Lipinski definition) is 2. The van der Waals surface area contributed by atoms with Gasteiger partial charge in [-0.05, 0) is 0 Å². The van der Waals surface area contributed by atoms with Gasteiger partial charge in [0.05, 0.1) is 6.54 Å². The van der Waals surface area contributed by atoms with Crippen LogP contribution in [0.25, 0.3) is 0 Å². The highest BCUT2D eigenvalue weighted by atomic mass is 16.7. The van der Waals surface area contributed by atoms with Gasteiger partial charge in [-0.1, -0.05) is 0 Å². The summed E-state index contributed by atoms with van der Waals surface area (Å²) < 4.78 is 20.9. The molecule has 2 rings (SSSR count). The molecule has 0 aromatic rings. The average Bonchev–Trinajstić information content (AvgIpc) is 2.82. The highest BCUT2D eigenvalue weighted by Gasteiger charge is 2.53. The molecule has 3 amide bonds. The van der Waals surface area contributed by atoms with Gasteiger partial charge >= 0.3 is 23.9 Å². The van der Waals surface area contributed by atoms with Gasteiger partial charge in [-0.3, -0.25) is 24.5 Å². The second kappa shape index (κ2) is 8.10. The number of imide groups is 1. The summed E-state index contributed by atoms with van der Waals surface area (Å²) in [5.41, 5.74) is 2.53. The summed E-state index contributed by atoms with van der Waals surface area (Å²) in [6, 6.07) is -0.835. The number of urea groups is 1. The molecule has 2 heterocycles. The molecule has 2 fully saturated rings. The van der Waals surface area contributed by atoms with E-state index in [1.54, 1.807) is 0 Å². The minimum absolute atomic E-state index is 0.217. The first kappa shape index (κ1) is 19.6. The fourth-order valence-electron chi connectivity index (χ4n) is 2.56. The van der Waals surface area contributed by atoms with Crippen LogP contribution in [0.3, 0.4) is 0 Å². The Kier molecular flexibility index (Phi) is 6.10. The number of rotatable bonds is 5. The molecule has 0 saturated carbocycles. The van der Waals surface area contributed by atoms with E-state index in [1.807, 2.05) is 0 Å². The molecule has 0 aliphatic carbocycles. The molecule has 0 radical (unpaired) electrons. The van der Waals surface area contributed by atoms with Crippen molar-refractivity contribution in [2.75, 3.05) is 13.2 Å². The number of nitrogens with one attached hydrogen (secondary N) is 2. The van der Waals surface area contributed by atoms with Gasteiger partial charge in [0.15, 0.2) is 18.4 Å². The SMILES string of the molecule is CC(=O)OCC1OC(N2NCC(=O)NC2=O)C(OC(C)=O)C1OC(C)=O. The van der Waals surface area contributed by atoms with Crippen molar-refractivity contribution in [3.8, 4) is 0 Å². The second-order valence-electron chi connectivity index (χ2n) is 5.57. The number of hydrazine groups is 1. The zero-order valence-electron chi connectivity index (χ0n) is 14.3. The van der Waals surface area contributed by atoms with Crippen LogP contribution < -0.4 is 10.7 Å². The van der Waals surface area contributed by atoms with E-state index in [1.165, 1.54) is 6.92 Å². The summed E-state index contributed by atoms with van der Waals surface area (Å²) in [6.45, 7) is 2.95. The van der Waals surface area contributed by atoms with Crippen LogP contribution in [0.2, 0.25) is 0 Å². The summed E-state index contributed by atoms with van der Waals surface area (Å²) in [6.07, 6.45) is -4.56. The Morgan fingerprint density at radius 3 is 2.23 bits per heavy atom. The average molecular weight is 373 g/mol. The smallest absolute Gasteiger partial charge is 0.340 e. The van der Waals surface area contributed by atoms with Gasteiger partial charge in [-0.15, -0.1) is 0 Å². The lowest BCUT2D eigenvalue weighted by Crippen LogP contribution is -2.64. The molecule has 12 nitrogen and oxygen atoms in total. The Morgan fingerprint density at radius 1 is 1.08 bits per heavy atom. The zero-order chi connectivity index (χ0) is 19.4. The van der Waals surface area contributed by atoms with Crippen molar-refractivity contribution in [1.29, 1.82) is 0 Å². The molecule has 0 aromatic heterocycles. The van der Waals surface area contributed by atoms with E-state index in [4.69, 9.17) is 18.9 Å². The quantitative estimate of drug-likeness (QED) is 0.417. The predicted molar refractivity (Wildman–Crippen MR) is 79.8 cm³/mol. The van der Waals surface area contributed by atoms with Crippen LogP contribution in [-0.4, -0.2) is 72.5 Å². The summed E-state index contributed by atoms with van der Waals surface area (Å²) in [5.74, 6) is -2.54. The summed E-state index contributed by atoms with van der Waals surface area (Å²) in [7, 11) is 0. The molecule has 12 heteroatoms. The number of nitrogens with zero attached hydrogens (tertiary/aromatic N) is 1. The molecule has 2 aliphatic rings. The van der Waals surface area contributed by atoms with Crippen LogP contribution in [0, 0.1) is 0 Å². The van der Waals surface area contributed by atoms with E-state index < -0.39 is 54.4 Å². The van der Waals surface area contributed by atoms with Crippen molar-refractivity contribution in [2.24, 2.45) is 0 Å². The number of esters is 3. The first-order valence-electron chi connectivity index (χ1n) is 7.69. The van der Waals surface area contributed by atoms with Gasteiger partial charge in [0.25, 0.3) is 0 Å². The minimum atomic E-state index is -1.23. The summed E-state index contributed by atoms with van der Waals surface area (Å²) >= 11 is 0. The van der Waals surface area contributed by atoms with Crippen molar-refractivity contribution >= 4 is 29.8 Å². The van der Waals surface area contributed by atoms with Crippen LogP contribution in [0.5, 0.6) is 0 Å². The largest absolute Gasteiger partial charge is 0.463 e. The van der Waals surface area contributed by atoms with Gasteiger partial charge in [-0.25, -0.2) is 15.2 Å². The number of hydrogen-bond acceptors (Lipinski definition) is 10. The number of ether oxygens (including phenoxy) is 4. The number of amides is 3. The molecule has 4 unspecified atom stereocenters. The molecule has 0 spiro atoms. The van der Waals surface area contributed by atoms with Crippen LogP contribution in [0.15, 0.2) is 0 Å². The Morgan fingerprint density at radius 2 is 1.69 bits per heavy atom. The van der Waals surface area contributed by atoms with Gasteiger partial charge < -0.3 is 18.9 Å². The highest BCUT2D eigenvalue weighted by Crippen LogP contribution is 2.29. The van der Waals surface area contributed by atoms with Gasteiger partial charge in [-0.2, -0.15) is 0 Å². The molecule has 0 bridgehead atoms. The lowest BCUT2D eigenvalue weighted by Gasteiger charge is -2.34. The van der Waals surface area contributed by atoms with E-state index >= 15 is 0 Å². The lowest BCUT2D eigenvalue weighted by molar-refractivity contribution is -0.168. The molecule has 26 heavy (non-hydrogen) atoms. The monoisotopic (exact) mass is 373 g/mol. The van der Waals surface area contributed by atoms with Crippen molar-refractivity contribution in [2.45, 2.75) is 45.3 Å². The zero-order valence-corrected chi connectivity index (χ0v) is 14.3. The van der Waals surface area contributed by atoms with Crippen LogP contribution >= 0.6 is 0 Å². The van der Waals surface area contributed by atoms with E-state index in [2.05, 4.69) is 10.7 Å². The van der Waals surface area contributed by atoms with Crippen molar-refractivity contribution in [1.82, 2.24) is 15.8 Å². The predicted octanol–water partition coefficient (Wildman–Crippen LogP) is -1.81. The Hall–Kier alpha value is -2.73. The Balaban J connectivity index is 2.27. The summed E-state index contributed by atoms with van der Waals surface area (Å²) in [4.78, 5) is 57.3. The molecular formula is C14H19N3O9. The first-order chi connectivity index (χ1) is 12.2. The van der Waals surface area contributed by atoms with Crippen LogP contribution in [0.4, 0.5) is 4.79 Å². The molecule has 2 N–H and O–H groups in total. The van der Waals surface area contributed by atoms with Crippen molar-refractivity contribution < 1.29 is 42.9 Å². The third kappa shape index (κ3) is 4.67. The standard InChI is InChI=1S/C14H19N3O9/c1-6(18)23-5-9-11(24-7(2)19)12(25-8(3)20)13(26-9)17-14(22)16-10(21)4-15-17/h9,11-13,15H,4-5H2,1-3H3,(H,16,21,22). The van der Waals surface area contributed by atoms with Crippen LogP contribution in [-0.2, 0) is 38.1 Å². The third-order valence-electron chi connectivity index (χ3n) is 3.47. The maximum atomic E-state index is 12.0. The van der Waals surface area contributed by atoms with Gasteiger partial charge in [0, 0.05) is 20.8 Å². The third-order valence-corrected chi connectivity index (χ3v) is 3.47. The maximum absolute atomic E-state index is 12.0. The lowest BCUT2D eigenvalue weighted by atomic mass is 10.1. The normalized spacial score (nSPS) is 28.3. The van der Waals surface area contributed by atoms with E-state index in [0.29, 0.717) is 0 Å². The molecule has 144 valence electrons. The summed E-state index contributed by atoms with van der Waals surface area (Å²) in [5, 5.41) is 2.99. The Bertz CT molecular complexity index is 623. The van der Waals surface area contributed by atoms with E-state index in [9.17, 15) is 24.0 Å². The molecule has 0 aromatic carbocycles. The van der Waals surface area contributed by atoms with E-state index in [0.717, 1.165) is 18.9 Å². The number of carbonyl (C=O) groups is 5. The maximum Gasteiger partial charge on any atom is 0.340 e. The molecule has 2 saturated heterocycles. The minimum Gasteiger partial charge on any atom is -0.463 e. The first-order valence-corrected chi connectivity index (χ1v) is 7.69. The molecular weight excluding hydrogens is 354 g/mol. The van der Waals surface area contributed by atoms with Crippen molar-refractivity contribution in [3.63, 3.8) is 0 Å². The van der Waals surface area contributed by atoms with Gasteiger partial charge in [0.1, 0.15) is 12.7 Å². The van der Waals surface area contributed by atoms with Gasteiger partial charge in [0.2, 0.25) is 5.91 Å². The Labute approximate surface area is 148 Å².